The van der Waals surface area contributed by atoms with Crippen molar-refractivity contribution in [3.8, 4) is 11.5 Å². The van der Waals surface area contributed by atoms with Gasteiger partial charge in [0.05, 0.1) is 16.5 Å². The lowest BCUT2D eigenvalue weighted by Gasteiger charge is -2.17. The van der Waals surface area contributed by atoms with Crippen molar-refractivity contribution < 1.29 is 39.5 Å². The van der Waals surface area contributed by atoms with Crippen LogP contribution in [-0.4, -0.2) is 26.9 Å². The van der Waals surface area contributed by atoms with Gasteiger partial charge in [-0.05, 0) is 24.3 Å². The molecule has 0 heterocycles. The fourth-order valence-corrected chi connectivity index (χ4v) is 3.74. The van der Waals surface area contributed by atoms with Crippen LogP contribution < -0.4 is 10.1 Å². The lowest BCUT2D eigenvalue weighted by molar-refractivity contribution is -0.125. The normalized spacial score (nSPS) is 12.4. The van der Waals surface area contributed by atoms with E-state index < -0.39 is 56.2 Å². The number of sulfone groups is 1. The van der Waals surface area contributed by atoms with Gasteiger partial charge in [0.2, 0.25) is 9.84 Å². The van der Waals surface area contributed by atoms with E-state index in [4.69, 9.17) is 27.9 Å². The Kier molecular flexibility index (Phi) is 7.31. The standard InChI is InChI=1S/C16H11Cl2F6NO3S/c17-8-3-9(19)5-10(4-8)28-12-1-2-13(29(26,27)15(20)21)11(14(12)18)6-25-7-16(22,23)24/h1-5,15,25H,6-7H2. The van der Waals surface area contributed by atoms with E-state index in [1.54, 1.807) is 0 Å². The minimum atomic E-state index is -5.17. The van der Waals surface area contributed by atoms with Gasteiger partial charge >= 0.3 is 11.9 Å². The van der Waals surface area contributed by atoms with E-state index in [0.29, 0.717) is 6.07 Å². The summed E-state index contributed by atoms with van der Waals surface area (Å²) in [7, 11) is -5.17. The highest BCUT2D eigenvalue weighted by Gasteiger charge is 2.32. The molecule has 2 aromatic carbocycles. The predicted molar refractivity (Wildman–Crippen MR) is 93.9 cm³/mol. The highest BCUT2D eigenvalue weighted by molar-refractivity contribution is 7.91. The van der Waals surface area contributed by atoms with Crippen molar-refractivity contribution in [3.05, 3.63) is 51.8 Å². The number of nitrogens with one attached hydrogen (secondary N) is 1. The van der Waals surface area contributed by atoms with Crippen LogP contribution in [0, 0.1) is 5.82 Å². The maximum absolute atomic E-state index is 13.4. The van der Waals surface area contributed by atoms with E-state index in [1.165, 1.54) is 6.07 Å². The van der Waals surface area contributed by atoms with E-state index in [1.807, 2.05) is 5.32 Å². The third kappa shape index (κ3) is 6.14. The minimum absolute atomic E-state index is 0.0416. The molecule has 0 aliphatic heterocycles. The summed E-state index contributed by atoms with van der Waals surface area (Å²) in [5, 5.41) is 1.31. The summed E-state index contributed by atoms with van der Waals surface area (Å²) >= 11 is 11.7. The van der Waals surface area contributed by atoms with E-state index in [-0.39, 0.29) is 16.5 Å². The van der Waals surface area contributed by atoms with Crippen molar-refractivity contribution in [2.45, 2.75) is 23.4 Å². The van der Waals surface area contributed by atoms with Gasteiger partial charge in [0.1, 0.15) is 17.3 Å². The minimum Gasteiger partial charge on any atom is -0.456 e. The molecule has 1 N–H and O–H groups in total. The van der Waals surface area contributed by atoms with Crippen LogP contribution in [0.5, 0.6) is 11.5 Å². The predicted octanol–water partition coefficient (Wildman–Crippen LogP) is 5.57. The van der Waals surface area contributed by atoms with E-state index >= 15 is 0 Å². The number of halogens is 8. The maximum atomic E-state index is 13.4. The SMILES string of the molecule is O=S(=O)(c1ccc(Oc2cc(F)cc(Cl)c2)c(Cl)c1CNCC(F)(F)F)C(F)F. The monoisotopic (exact) mass is 481 g/mol. The molecule has 13 heteroatoms. The molecule has 2 rings (SSSR count). The Morgan fingerprint density at radius 3 is 2.31 bits per heavy atom. The molecule has 0 radical (unpaired) electrons. The smallest absolute Gasteiger partial charge is 0.401 e. The summed E-state index contributed by atoms with van der Waals surface area (Å²) < 4.78 is 105. The molecule has 2 aromatic rings. The van der Waals surface area contributed by atoms with Crippen LogP contribution in [0.1, 0.15) is 5.56 Å². The van der Waals surface area contributed by atoms with Crippen LogP contribution in [0.4, 0.5) is 26.3 Å². The van der Waals surface area contributed by atoms with Crippen LogP contribution >= 0.6 is 23.2 Å². The summed E-state index contributed by atoms with van der Waals surface area (Å²) in [5.41, 5.74) is -0.559. The number of benzene rings is 2. The van der Waals surface area contributed by atoms with Crippen molar-refractivity contribution in [1.82, 2.24) is 5.32 Å². The van der Waals surface area contributed by atoms with Gasteiger partial charge in [0.15, 0.2) is 0 Å². The summed E-state index contributed by atoms with van der Waals surface area (Å²) in [4.78, 5) is -0.961. The molecular formula is C16H11Cl2F6NO3S. The van der Waals surface area contributed by atoms with Crippen molar-refractivity contribution in [3.63, 3.8) is 0 Å². The highest BCUT2D eigenvalue weighted by atomic mass is 35.5. The van der Waals surface area contributed by atoms with Crippen molar-refractivity contribution in [2.75, 3.05) is 6.54 Å². The number of ether oxygens (including phenoxy) is 1. The van der Waals surface area contributed by atoms with Crippen LogP contribution in [-0.2, 0) is 16.4 Å². The zero-order valence-electron chi connectivity index (χ0n) is 14.0. The molecule has 160 valence electrons. The van der Waals surface area contributed by atoms with Crippen LogP contribution in [0.3, 0.4) is 0 Å². The molecule has 4 nitrogen and oxygen atoms in total. The molecule has 0 saturated carbocycles. The largest absolute Gasteiger partial charge is 0.456 e. The average Bonchev–Trinajstić information content (AvgIpc) is 2.55. The Morgan fingerprint density at radius 1 is 1.10 bits per heavy atom. The van der Waals surface area contributed by atoms with Gasteiger partial charge in [-0.25, -0.2) is 12.8 Å². The molecule has 0 atom stereocenters. The van der Waals surface area contributed by atoms with Gasteiger partial charge in [-0.2, -0.15) is 22.0 Å². The van der Waals surface area contributed by atoms with E-state index in [0.717, 1.165) is 18.2 Å². The van der Waals surface area contributed by atoms with Gasteiger partial charge in [-0.15, -0.1) is 0 Å². The number of rotatable bonds is 7. The van der Waals surface area contributed by atoms with Gasteiger partial charge in [0, 0.05) is 23.2 Å². The first-order valence-corrected chi connectivity index (χ1v) is 9.86. The van der Waals surface area contributed by atoms with Gasteiger partial charge in [0.25, 0.3) is 0 Å². The third-order valence-corrected chi connectivity index (χ3v) is 5.49. The molecule has 0 aliphatic rings. The van der Waals surface area contributed by atoms with Crippen LogP contribution in [0.25, 0.3) is 0 Å². The van der Waals surface area contributed by atoms with Crippen LogP contribution in [0.15, 0.2) is 35.2 Å². The lowest BCUT2D eigenvalue weighted by Crippen LogP contribution is -2.29. The Labute approximate surface area is 171 Å². The van der Waals surface area contributed by atoms with Crippen molar-refractivity contribution in [1.29, 1.82) is 0 Å². The summed E-state index contributed by atoms with van der Waals surface area (Å²) in [6.07, 6.45) is -4.64. The Bertz CT molecular complexity index is 979. The molecular weight excluding hydrogens is 471 g/mol. The number of alkyl halides is 5. The molecule has 29 heavy (non-hydrogen) atoms. The molecule has 0 saturated heterocycles. The first-order valence-electron chi connectivity index (χ1n) is 7.56. The fourth-order valence-electron chi connectivity index (χ4n) is 2.23. The maximum Gasteiger partial charge on any atom is 0.401 e. The molecule has 0 bridgehead atoms. The van der Waals surface area contributed by atoms with Crippen molar-refractivity contribution in [2.24, 2.45) is 0 Å². The summed E-state index contributed by atoms with van der Waals surface area (Å²) in [6, 6.07) is 4.71. The highest BCUT2D eigenvalue weighted by Crippen LogP contribution is 2.38. The topological polar surface area (TPSA) is 55.4 Å². The molecule has 0 amide bonds. The summed E-state index contributed by atoms with van der Waals surface area (Å²) in [5.74, 6) is -5.05. The first kappa shape index (κ1) is 23.6. The second kappa shape index (κ2) is 8.99. The quantitative estimate of drug-likeness (QED) is 0.525. The molecule has 0 aliphatic carbocycles. The van der Waals surface area contributed by atoms with Gasteiger partial charge in [-0.1, -0.05) is 23.2 Å². The van der Waals surface area contributed by atoms with E-state index in [2.05, 4.69) is 0 Å². The second-order valence-electron chi connectivity index (χ2n) is 5.59. The molecule has 0 spiro atoms. The molecule has 0 unspecified atom stereocenters. The Morgan fingerprint density at radius 2 is 1.76 bits per heavy atom. The number of hydrogen-bond acceptors (Lipinski definition) is 4. The van der Waals surface area contributed by atoms with Crippen LogP contribution in [0.2, 0.25) is 10.0 Å². The Hall–Kier alpha value is -1.69. The lowest BCUT2D eigenvalue weighted by atomic mass is 10.2. The first-order chi connectivity index (χ1) is 13.3. The second-order valence-corrected chi connectivity index (χ2v) is 8.29. The average molecular weight is 482 g/mol. The van der Waals surface area contributed by atoms with Gasteiger partial charge < -0.3 is 10.1 Å². The van der Waals surface area contributed by atoms with Crippen molar-refractivity contribution >= 4 is 33.0 Å². The molecule has 0 fully saturated rings. The number of hydrogen-bond donors (Lipinski definition) is 1. The Balaban J connectivity index is 2.48. The molecule has 0 aromatic heterocycles. The zero-order valence-corrected chi connectivity index (χ0v) is 16.4. The van der Waals surface area contributed by atoms with E-state index in [9.17, 15) is 34.8 Å². The fraction of sp³-hybridized carbons (Fsp3) is 0.250. The van der Waals surface area contributed by atoms with Gasteiger partial charge in [-0.3, -0.25) is 0 Å². The third-order valence-electron chi connectivity index (χ3n) is 3.40. The summed E-state index contributed by atoms with van der Waals surface area (Å²) in [6.45, 7) is -2.33. The zero-order chi connectivity index (χ0) is 22.0.